The Morgan fingerprint density at radius 1 is 1.00 bits per heavy atom. The van der Waals surface area contributed by atoms with Gasteiger partial charge in [-0.05, 0) is 30.2 Å². The molecule has 30 heavy (non-hydrogen) atoms. The molecule has 0 aliphatic rings. The predicted molar refractivity (Wildman–Crippen MR) is 109 cm³/mol. The highest BCUT2D eigenvalue weighted by Gasteiger charge is 2.25. The number of carbonyl (C=O) groups excluding carboxylic acids is 2. The van der Waals surface area contributed by atoms with Gasteiger partial charge in [-0.2, -0.15) is 0 Å². The van der Waals surface area contributed by atoms with Gasteiger partial charge in [-0.1, -0.05) is 38.5 Å². The molecule has 1 unspecified atom stereocenters. The third-order valence-electron chi connectivity index (χ3n) is 4.55. The predicted octanol–water partition coefficient (Wildman–Crippen LogP) is 2.65. The van der Waals surface area contributed by atoms with Crippen LogP contribution in [0.5, 0.6) is 17.2 Å². The number of ketones is 1. The van der Waals surface area contributed by atoms with E-state index >= 15 is 0 Å². The zero-order valence-corrected chi connectivity index (χ0v) is 16.8. The summed E-state index contributed by atoms with van der Waals surface area (Å²) < 4.78 is 10.7. The largest absolute Gasteiger partial charge is 0.507 e. The lowest BCUT2D eigenvalue weighted by Gasteiger charge is -2.20. The summed E-state index contributed by atoms with van der Waals surface area (Å²) in [5.41, 5.74) is 0.0606. The van der Waals surface area contributed by atoms with Gasteiger partial charge in [0, 0.05) is 6.07 Å². The van der Waals surface area contributed by atoms with Gasteiger partial charge in [0.1, 0.15) is 23.3 Å². The van der Waals surface area contributed by atoms with Crippen LogP contribution in [0.15, 0.2) is 48.5 Å². The van der Waals surface area contributed by atoms with E-state index in [9.17, 15) is 24.6 Å². The number of aliphatic carboxylic acids is 1. The molecule has 160 valence electrons. The van der Waals surface area contributed by atoms with Crippen molar-refractivity contribution in [3.63, 3.8) is 0 Å². The molecule has 0 aliphatic heterocycles. The first-order valence-electron chi connectivity index (χ1n) is 9.50. The van der Waals surface area contributed by atoms with Crippen LogP contribution in [-0.2, 0) is 9.59 Å². The van der Waals surface area contributed by atoms with Gasteiger partial charge in [0.25, 0.3) is 5.91 Å². The number of aromatic hydroxyl groups is 1. The van der Waals surface area contributed by atoms with Gasteiger partial charge in [0.2, 0.25) is 5.78 Å². The number of benzene rings is 2. The van der Waals surface area contributed by atoms with Crippen molar-refractivity contribution in [1.82, 2.24) is 5.32 Å². The molecule has 0 heterocycles. The van der Waals surface area contributed by atoms with Crippen LogP contribution < -0.4 is 14.8 Å². The molecule has 2 aromatic rings. The molecule has 0 fully saturated rings. The minimum atomic E-state index is -1.11. The minimum absolute atomic E-state index is 0.0606. The van der Waals surface area contributed by atoms with Crippen molar-refractivity contribution in [2.75, 3.05) is 13.2 Å². The monoisotopic (exact) mass is 415 g/mol. The van der Waals surface area contributed by atoms with E-state index in [0.29, 0.717) is 12.2 Å². The molecule has 2 aromatic carbocycles. The van der Waals surface area contributed by atoms with Crippen molar-refractivity contribution in [3.8, 4) is 17.2 Å². The van der Waals surface area contributed by atoms with Crippen LogP contribution in [0.3, 0.4) is 0 Å². The van der Waals surface area contributed by atoms with Crippen LogP contribution in [0.2, 0.25) is 0 Å². The number of carbonyl (C=O) groups is 3. The van der Waals surface area contributed by atoms with Crippen LogP contribution in [0.1, 0.15) is 30.6 Å². The standard InChI is InChI=1S/C22H25NO7/c1-3-14(2)21(22(27)28)23-20(26)13-30-16-9-10-17(18(24)11-16)19(25)12-29-15-7-5-4-6-8-15/h4-11,14,21,24H,3,12-13H2,1-2H3,(H,23,26)(H,27,28)/t14?,21-/m0/s1. The van der Waals surface area contributed by atoms with Crippen molar-refractivity contribution in [1.29, 1.82) is 0 Å². The summed E-state index contributed by atoms with van der Waals surface area (Å²) in [6.45, 7) is 2.89. The van der Waals surface area contributed by atoms with Crippen LogP contribution in [0, 0.1) is 5.92 Å². The van der Waals surface area contributed by atoms with E-state index in [1.54, 1.807) is 31.2 Å². The number of phenols is 1. The molecule has 0 spiro atoms. The van der Waals surface area contributed by atoms with E-state index in [1.165, 1.54) is 18.2 Å². The number of Topliss-reactive ketones (excluding diaryl/α,β-unsaturated/α-hetero) is 1. The van der Waals surface area contributed by atoms with Gasteiger partial charge < -0.3 is 25.0 Å². The maximum absolute atomic E-state index is 12.2. The Balaban J connectivity index is 1.91. The molecule has 1 amide bonds. The smallest absolute Gasteiger partial charge is 0.326 e. The average Bonchev–Trinajstić information content (AvgIpc) is 2.74. The lowest BCUT2D eigenvalue weighted by molar-refractivity contribution is -0.143. The zero-order chi connectivity index (χ0) is 22.1. The minimum Gasteiger partial charge on any atom is -0.507 e. The number of carboxylic acids is 1. The Bertz CT molecular complexity index is 882. The molecule has 0 aromatic heterocycles. The van der Waals surface area contributed by atoms with Gasteiger partial charge in [0.15, 0.2) is 13.2 Å². The Kier molecular flexibility index (Phi) is 8.22. The van der Waals surface area contributed by atoms with Gasteiger partial charge in [-0.25, -0.2) is 4.79 Å². The average molecular weight is 415 g/mol. The number of nitrogens with one attached hydrogen (secondary N) is 1. The van der Waals surface area contributed by atoms with Crippen LogP contribution in [0.25, 0.3) is 0 Å². The third kappa shape index (κ3) is 6.51. The lowest BCUT2D eigenvalue weighted by Crippen LogP contribution is -2.46. The number of rotatable bonds is 11. The summed E-state index contributed by atoms with van der Waals surface area (Å²) in [4.78, 5) is 35.5. The molecule has 0 saturated heterocycles. The SMILES string of the molecule is CCC(C)[C@H](NC(=O)COc1ccc(C(=O)COc2ccccc2)c(O)c1)C(=O)O. The molecule has 2 rings (SSSR count). The number of para-hydroxylation sites is 1. The summed E-state index contributed by atoms with van der Waals surface area (Å²) in [5.74, 6) is -1.98. The second-order valence-electron chi connectivity index (χ2n) is 6.76. The fourth-order valence-electron chi connectivity index (χ4n) is 2.63. The molecule has 0 bridgehead atoms. The van der Waals surface area contributed by atoms with E-state index in [2.05, 4.69) is 5.32 Å². The molecule has 8 nitrogen and oxygen atoms in total. The molecular formula is C22H25NO7. The fraction of sp³-hybridized carbons (Fsp3) is 0.318. The Labute approximate surface area is 174 Å². The zero-order valence-electron chi connectivity index (χ0n) is 16.8. The van der Waals surface area contributed by atoms with Crippen molar-refractivity contribution < 1.29 is 34.1 Å². The van der Waals surface area contributed by atoms with E-state index in [1.807, 2.05) is 13.0 Å². The summed E-state index contributed by atoms with van der Waals surface area (Å²) >= 11 is 0. The van der Waals surface area contributed by atoms with Gasteiger partial charge in [-0.3, -0.25) is 9.59 Å². The van der Waals surface area contributed by atoms with E-state index in [-0.39, 0.29) is 29.6 Å². The van der Waals surface area contributed by atoms with Crippen LogP contribution in [-0.4, -0.2) is 47.1 Å². The molecule has 8 heteroatoms. The molecule has 3 N–H and O–H groups in total. The van der Waals surface area contributed by atoms with E-state index in [4.69, 9.17) is 9.47 Å². The topological polar surface area (TPSA) is 122 Å². The fourth-order valence-corrected chi connectivity index (χ4v) is 2.63. The van der Waals surface area contributed by atoms with Gasteiger partial charge in [-0.15, -0.1) is 0 Å². The van der Waals surface area contributed by atoms with Crippen LogP contribution >= 0.6 is 0 Å². The highest BCUT2D eigenvalue weighted by Crippen LogP contribution is 2.24. The quantitative estimate of drug-likeness (QED) is 0.482. The lowest BCUT2D eigenvalue weighted by atomic mass is 9.99. The van der Waals surface area contributed by atoms with E-state index in [0.717, 1.165) is 0 Å². The maximum Gasteiger partial charge on any atom is 0.326 e. The number of ether oxygens (including phenoxy) is 2. The first kappa shape index (κ1) is 22.7. The molecule has 0 saturated carbocycles. The highest BCUT2D eigenvalue weighted by molar-refractivity contribution is 5.99. The van der Waals surface area contributed by atoms with Crippen molar-refractivity contribution in [2.45, 2.75) is 26.3 Å². The van der Waals surface area contributed by atoms with Crippen molar-refractivity contribution in [3.05, 3.63) is 54.1 Å². The number of phenolic OH excluding ortho intramolecular Hbond substituents is 1. The Morgan fingerprint density at radius 3 is 2.27 bits per heavy atom. The van der Waals surface area contributed by atoms with E-state index < -0.39 is 30.3 Å². The van der Waals surface area contributed by atoms with Gasteiger partial charge in [0.05, 0.1) is 5.56 Å². The first-order chi connectivity index (χ1) is 14.3. The Hall–Kier alpha value is -3.55. The maximum atomic E-state index is 12.2. The van der Waals surface area contributed by atoms with Crippen LogP contribution in [0.4, 0.5) is 0 Å². The number of hydrogen-bond acceptors (Lipinski definition) is 6. The number of carboxylic acid groups (broad SMARTS) is 1. The number of hydrogen-bond donors (Lipinski definition) is 3. The van der Waals surface area contributed by atoms with Gasteiger partial charge >= 0.3 is 5.97 Å². The summed E-state index contributed by atoms with van der Waals surface area (Å²) in [5, 5.41) is 21.7. The highest BCUT2D eigenvalue weighted by atomic mass is 16.5. The molecule has 0 aliphatic carbocycles. The Morgan fingerprint density at radius 2 is 1.67 bits per heavy atom. The molecule has 2 atom stereocenters. The second kappa shape index (κ2) is 10.8. The summed E-state index contributed by atoms with van der Waals surface area (Å²) in [7, 11) is 0. The normalized spacial score (nSPS) is 12.5. The third-order valence-corrected chi connectivity index (χ3v) is 4.55. The summed E-state index contributed by atoms with van der Waals surface area (Å²) in [6, 6.07) is 11.8. The summed E-state index contributed by atoms with van der Waals surface area (Å²) in [6.07, 6.45) is 0.593. The van der Waals surface area contributed by atoms with Crippen molar-refractivity contribution >= 4 is 17.7 Å². The van der Waals surface area contributed by atoms with Crippen molar-refractivity contribution in [2.24, 2.45) is 5.92 Å². The first-order valence-corrected chi connectivity index (χ1v) is 9.50. The molecular weight excluding hydrogens is 390 g/mol. The molecule has 0 radical (unpaired) electrons. The number of amides is 1. The second-order valence-corrected chi connectivity index (χ2v) is 6.76.